The number of aromatic amines is 2. The Hall–Kier alpha value is -3.00. The highest BCUT2D eigenvalue weighted by molar-refractivity contribution is 9.10. The summed E-state index contributed by atoms with van der Waals surface area (Å²) in [6.45, 7) is 0. The van der Waals surface area contributed by atoms with Gasteiger partial charge in [0.05, 0.1) is 0 Å². The summed E-state index contributed by atoms with van der Waals surface area (Å²) in [6.07, 6.45) is 0.585. The molecule has 4 aromatic rings. The van der Waals surface area contributed by atoms with E-state index in [1.54, 1.807) is 0 Å². The first-order valence-electron chi connectivity index (χ1n) is 7.54. The first-order chi connectivity index (χ1) is 12.1. The number of tetrazole rings is 1. The van der Waals surface area contributed by atoms with E-state index in [-0.39, 0.29) is 0 Å². The quantitative estimate of drug-likeness (QED) is 0.491. The van der Waals surface area contributed by atoms with Gasteiger partial charge in [-0.1, -0.05) is 40.2 Å². The van der Waals surface area contributed by atoms with E-state index in [0.717, 1.165) is 32.1 Å². The molecule has 7 nitrogen and oxygen atoms in total. The molecule has 0 saturated carbocycles. The Bertz CT molecular complexity index is 1050. The SMILES string of the molecule is NC(=O)c1[nH]c2ccc(Br)cc2c1Cc1ccc(-c2nn[nH]n2)cc1. The number of amides is 1. The summed E-state index contributed by atoms with van der Waals surface area (Å²) in [5.41, 5.74) is 9.68. The Labute approximate surface area is 150 Å². The van der Waals surface area contributed by atoms with E-state index in [1.165, 1.54) is 0 Å². The van der Waals surface area contributed by atoms with Gasteiger partial charge in [-0.3, -0.25) is 4.79 Å². The lowest BCUT2D eigenvalue weighted by atomic mass is 10.0. The molecule has 2 aromatic heterocycles. The van der Waals surface area contributed by atoms with E-state index in [1.807, 2.05) is 42.5 Å². The lowest BCUT2D eigenvalue weighted by Gasteiger charge is -2.04. The van der Waals surface area contributed by atoms with E-state index in [2.05, 4.69) is 41.5 Å². The topological polar surface area (TPSA) is 113 Å². The predicted octanol–water partition coefficient (Wildman–Crippen LogP) is 2.80. The van der Waals surface area contributed by atoms with Crippen molar-refractivity contribution in [2.75, 3.05) is 0 Å². The lowest BCUT2D eigenvalue weighted by Crippen LogP contribution is -2.13. The molecule has 2 aromatic carbocycles. The Morgan fingerprint density at radius 1 is 1.16 bits per heavy atom. The van der Waals surface area contributed by atoms with Gasteiger partial charge in [-0.2, -0.15) is 5.21 Å². The maximum Gasteiger partial charge on any atom is 0.265 e. The fourth-order valence-electron chi connectivity index (χ4n) is 2.87. The molecular weight excluding hydrogens is 384 g/mol. The van der Waals surface area contributed by atoms with Gasteiger partial charge in [-0.05, 0) is 34.5 Å². The van der Waals surface area contributed by atoms with Crippen molar-refractivity contribution in [3.05, 3.63) is 63.8 Å². The largest absolute Gasteiger partial charge is 0.364 e. The molecule has 1 amide bonds. The fraction of sp³-hybridized carbons (Fsp3) is 0.0588. The Morgan fingerprint density at radius 3 is 2.64 bits per heavy atom. The van der Waals surface area contributed by atoms with Gasteiger partial charge < -0.3 is 10.7 Å². The van der Waals surface area contributed by atoms with Crippen molar-refractivity contribution >= 4 is 32.7 Å². The van der Waals surface area contributed by atoms with Gasteiger partial charge >= 0.3 is 0 Å². The highest BCUT2D eigenvalue weighted by Crippen LogP contribution is 2.28. The maximum atomic E-state index is 11.8. The molecular formula is C17H13BrN6O. The third-order valence-corrected chi connectivity index (χ3v) is 4.55. The van der Waals surface area contributed by atoms with Crippen LogP contribution in [0.15, 0.2) is 46.9 Å². The van der Waals surface area contributed by atoms with E-state index in [0.29, 0.717) is 17.9 Å². The number of hydrogen-bond acceptors (Lipinski definition) is 4. The second-order valence-corrected chi connectivity index (χ2v) is 6.56. The first-order valence-corrected chi connectivity index (χ1v) is 8.34. The summed E-state index contributed by atoms with van der Waals surface area (Å²) >= 11 is 3.48. The predicted molar refractivity (Wildman–Crippen MR) is 96.9 cm³/mol. The molecule has 0 aliphatic heterocycles. The molecule has 124 valence electrons. The fourth-order valence-corrected chi connectivity index (χ4v) is 3.23. The van der Waals surface area contributed by atoms with Crippen molar-refractivity contribution in [3.8, 4) is 11.4 Å². The molecule has 4 rings (SSSR count). The van der Waals surface area contributed by atoms with Crippen LogP contribution in [0.5, 0.6) is 0 Å². The van der Waals surface area contributed by atoms with Crippen LogP contribution in [0.1, 0.15) is 21.6 Å². The zero-order chi connectivity index (χ0) is 17.4. The molecule has 0 atom stereocenters. The van der Waals surface area contributed by atoms with Gasteiger partial charge in [0, 0.05) is 27.4 Å². The number of halogens is 1. The number of primary amides is 1. The van der Waals surface area contributed by atoms with Crippen LogP contribution in [0.2, 0.25) is 0 Å². The number of nitrogens with one attached hydrogen (secondary N) is 2. The molecule has 0 fully saturated rings. The summed E-state index contributed by atoms with van der Waals surface area (Å²) in [5.74, 6) is 0.0751. The standard InChI is InChI=1S/C17H13BrN6O/c18-11-5-6-14-12(8-11)13(15(20-14)16(19)25)7-9-1-3-10(4-2-9)17-21-23-24-22-17/h1-6,8,20H,7H2,(H2,19,25)(H,21,22,23,24). The minimum Gasteiger partial charge on any atom is -0.364 e. The summed E-state index contributed by atoms with van der Waals surface area (Å²) in [7, 11) is 0. The molecule has 0 unspecified atom stereocenters. The number of nitrogens with zero attached hydrogens (tertiary/aromatic N) is 3. The van der Waals surface area contributed by atoms with Crippen LogP contribution in [0.25, 0.3) is 22.3 Å². The number of fused-ring (bicyclic) bond motifs is 1. The molecule has 0 radical (unpaired) electrons. The molecule has 4 N–H and O–H groups in total. The Morgan fingerprint density at radius 2 is 1.96 bits per heavy atom. The highest BCUT2D eigenvalue weighted by Gasteiger charge is 2.16. The van der Waals surface area contributed by atoms with Crippen molar-refractivity contribution in [2.24, 2.45) is 5.73 Å². The lowest BCUT2D eigenvalue weighted by molar-refractivity contribution is 0.0995. The molecule has 2 heterocycles. The van der Waals surface area contributed by atoms with Crippen LogP contribution in [-0.4, -0.2) is 31.5 Å². The van der Waals surface area contributed by atoms with Crippen LogP contribution >= 0.6 is 15.9 Å². The summed E-state index contributed by atoms with van der Waals surface area (Å²) < 4.78 is 0.948. The second-order valence-electron chi connectivity index (χ2n) is 5.64. The van der Waals surface area contributed by atoms with Crippen molar-refractivity contribution in [1.29, 1.82) is 0 Å². The number of aromatic nitrogens is 5. The highest BCUT2D eigenvalue weighted by atomic mass is 79.9. The van der Waals surface area contributed by atoms with E-state index in [4.69, 9.17) is 5.73 Å². The Balaban J connectivity index is 1.73. The molecule has 0 spiro atoms. The number of H-pyrrole nitrogens is 2. The average Bonchev–Trinajstić information content (AvgIpc) is 3.24. The van der Waals surface area contributed by atoms with Gasteiger partial charge in [0.25, 0.3) is 5.91 Å². The van der Waals surface area contributed by atoms with E-state index in [9.17, 15) is 4.79 Å². The van der Waals surface area contributed by atoms with Crippen LogP contribution in [0.4, 0.5) is 0 Å². The number of rotatable bonds is 4. The Kier molecular flexibility index (Phi) is 3.81. The first kappa shape index (κ1) is 15.5. The van der Waals surface area contributed by atoms with Gasteiger partial charge in [0.15, 0.2) is 0 Å². The van der Waals surface area contributed by atoms with Gasteiger partial charge in [-0.25, -0.2) is 0 Å². The average molecular weight is 397 g/mol. The third-order valence-electron chi connectivity index (χ3n) is 4.05. The summed E-state index contributed by atoms with van der Waals surface area (Å²) in [4.78, 5) is 14.9. The number of nitrogens with two attached hydrogens (primary N) is 1. The monoisotopic (exact) mass is 396 g/mol. The summed E-state index contributed by atoms with van der Waals surface area (Å²) in [5, 5.41) is 14.9. The van der Waals surface area contributed by atoms with Crippen LogP contribution in [-0.2, 0) is 6.42 Å². The third kappa shape index (κ3) is 2.91. The van der Waals surface area contributed by atoms with Crippen molar-refractivity contribution in [3.63, 3.8) is 0 Å². The maximum absolute atomic E-state index is 11.8. The smallest absolute Gasteiger partial charge is 0.265 e. The minimum atomic E-state index is -0.467. The van der Waals surface area contributed by atoms with Gasteiger partial charge in [0.2, 0.25) is 5.82 Å². The number of hydrogen-bond donors (Lipinski definition) is 3. The zero-order valence-corrected chi connectivity index (χ0v) is 14.5. The molecule has 8 heteroatoms. The number of benzene rings is 2. The molecule has 0 aliphatic rings. The van der Waals surface area contributed by atoms with Crippen molar-refractivity contribution in [2.45, 2.75) is 6.42 Å². The summed E-state index contributed by atoms with van der Waals surface area (Å²) in [6, 6.07) is 13.6. The minimum absolute atomic E-state index is 0.440. The number of carbonyl (C=O) groups excluding carboxylic acids is 1. The second kappa shape index (κ2) is 6.14. The zero-order valence-electron chi connectivity index (χ0n) is 13.0. The number of carbonyl (C=O) groups is 1. The van der Waals surface area contributed by atoms with Crippen LogP contribution < -0.4 is 5.73 Å². The van der Waals surface area contributed by atoms with E-state index < -0.39 is 5.91 Å². The molecule has 0 aliphatic carbocycles. The molecule has 0 bridgehead atoms. The molecule has 0 saturated heterocycles. The van der Waals surface area contributed by atoms with E-state index >= 15 is 0 Å². The van der Waals surface area contributed by atoms with Gasteiger partial charge in [0.1, 0.15) is 5.69 Å². The van der Waals surface area contributed by atoms with Crippen molar-refractivity contribution < 1.29 is 4.79 Å². The van der Waals surface area contributed by atoms with Crippen LogP contribution in [0, 0.1) is 0 Å². The van der Waals surface area contributed by atoms with Gasteiger partial charge in [-0.15, -0.1) is 10.2 Å². The van der Waals surface area contributed by atoms with Crippen LogP contribution in [0.3, 0.4) is 0 Å². The van der Waals surface area contributed by atoms with Crippen molar-refractivity contribution in [1.82, 2.24) is 25.6 Å². The molecule has 25 heavy (non-hydrogen) atoms. The normalized spacial score (nSPS) is 11.1.